The molecule has 0 saturated carbocycles. The van der Waals surface area contributed by atoms with Crippen molar-refractivity contribution in [3.05, 3.63) is 76.5 Å². The first-order valence-electron chi connectivity index (χ1n) is 10.7. The summed E-state index contributed by atoms with van der Waals surface area (Å²) in [6.45, 7) is 4.40. The summed E-state index contributed by atoms with van der Waals surface area (Å²) in [5, 5.41) is 17.6. The molecule has 0 atom stereocenters. The van der Waals surface area contributed by atoms with Crippen molar-refractivity contribution in [3.63, 3.8) is 0 Å². The largest absolute Gasteiger partial charge is 0.319 e. The van der Waals surface area contributed by atoms with E-state index < -0.39 is 0 Å². The van der Waals surface area contributed by atoms with Gasteiger partial charge in [0.1, 0.15) is 0 Å². The van der Waals surface area contributed by atoms with E-state index in [1.54, 1.807) is 44.6 Å². The molecule has 0 radical (unpaired) electrons. The fourth-order valence-corrected chi connectivity index (χ4v) is 4.21. The number of fused-ring (bicyclic) bond motifs is 1. The molecule has 0 aliphatic heterocycles. The smallest absolute Gasteiger partial charge is 0.256 e. The third-order valence-electron chi connectivity index (χ3n) is 5.69. The fraction of sp³-hybridized carbons (Fsp3) is 0.208. The zero-order chi connectivity index (χ0) is 24.0. The molecule has 0 aliphatic rings. The highest BCUT2D eigenvalue weighted by atomic mass is 35.5. The Hall–Kier alpha value is -3.98. The number of rotatable bonds is 5. The Morgan fingerprint density at radius 3 is 2.53 bits per heavy atom. The number of nitrogens with one attached hydrogen (secondary N) is 1. The molecule has 0 saturated heterocycles. The molecule has 5 rings (SSSR count). The van der Waals surface area contributed by atoms with E-state index >= 15 is 0 Å². The molecule has 9 nitrogen and oxygen atoms in total. The van der Waals surface area contributed by atoms with E-state index in [0.29, 0.717) is 34.2 Å². The zero-order valence-electron chi connectivity index (χ0n) is 19.2. The van der Waals surface area contributed by atoms with Gasteiger partial charge in [0.25, 0.3) is 5.91 Å². The van der Waals surface area contributed by atoms with Crippen LogP contribution in [0.15, 0.2) is 48.9 Å². The molecule has 1 aromatic carbocycles. The second kappa shape index (κ2) is 8.42. The van der Waals surface area contributed by atoms with Crippen LogP contribution >= 0.6 is 11.6 Å². The Kier molecular flexibility index (Phi) is 5.41. The molecular formula is C24H23ClN8O. The Balaban J connectivity index is 1.47. The third kappa shape index (κ3) is 4.06. The maximum atomic E-state index is 13.4. The van der Waals surface area contributed by atoms with Gasteiger partial charge in [-0.2, -0.15) is 15.3 Å². The van der Waals surface area contributed by atoms with Gasteiger partial charge in [-0.25, -0.2) is 4.98 Å². The molecule has 5 aromatic rings. The highest BCUT2D eigenvalue weighted by Gasteiger charge is 2.20. The Morgan fingerprint density at radius 1 is 1.06 bits per heavy atom. The van der Waals surface area contributed by atoms with E-state index in [-0.39, 0.29) is 5.91 Å². The normalized spacial score (nSPS) is 11.3. The Bertz CT molecular complexity index is 1530. The minimum Gasteiger partial charge on any atom is -0.319 e. The number of benzene rings is 1. The van der Waals surface area contributed by atoms with Crippen LogP contribution in [0.4, 0.5) is 5.69 Å². The number of hydrogen-bond donors (Lipinski definition) is 1. The van der Waals surface area contributed by atoms with Crippen LogP contribution < -0.4 is 5.32 Å². The summed E-state index contributed by atoms with van der Waals surface area (Å²) in [4.78, 5) is 18.2. The van der Waals surface area contributed by atoms with Gasteiger partial charge in [-0.05, 0) is 32.0 Å². The van der Waals surface area contributed by atoms with Gasteiger partial charge in [0.05, 0.1) is 46.5 Å². The van der Waals surface area contributed by atoms with Crippen LogP contribution in [0.25, 0.3) is 22.3 Å². The van der Waals surface area contributed by atoms with Crippen LogP contribution in [0.1, 0.15) is 27.3 Å². The lowest BCUT2D eigenvalue weighted by atomic mass is 10.0. The van der Waals surface area contributed by atoms with Gasteiger partial charge in [0.2, 0.25) is 0 Å². The van der Waals surface area contributed by atoms with E-state index in [1.165, 1.54) is 0 Å². The van der Waals surface area contributed by atoms with Crippen molar-refractivity contribution in [2.45, 2.75) is 20.4 Å². The lowest BCUT2D eigenvalue weighted by Crippen LogP contribution is -2.13. The van der Waals surface area contributed by atoms with Gasteiger partial charge in [-0.15, -0.1) is 0 Å². The molecule has 0 bridgehead atoms. The molecule has 172 valence electrons. The topological polar surface area (TPSA) is 95.5 Å². The van der Waals surface area contributed by atoms with E-state index in [1.807, 2.05) is 46.3 Å². The van der Waals surface area contributed by atoms with Crippen LogP contribution in [0.2, 0.25) is 5.02 Å². The lowest BCUT2D eigenvalue weighted by molar-refractivity contribution is 0.102. The predicted molar refractivity (Wildman–Crippen MR) is 131 cm³/mol. The molecule has 0 aliphatic carbocycles. The molecule has 4 aromatic heterocycles. The molecule has 4 heterocycles. The average Bonchev–Trinajstić information content (AvgIpc) is 3.46. The first-order valence-corrected chi connectivity index (χ1v) is 11.1. The number of hydrogen-bond acceptors (Lipinski definition) is 5. The van der Waals surface area contributed by atoms with Crippen LogP contribution in [-0.4, -0.2) is 40.2 Å². The minimum atomic E-state index is -0.254. The molecular weight excluding hydrogens is 452 g/mol. The van der Waals surface area contributed by atoms with Gasteiger partial charge in [-0.1, -0.05) is 23.7 Å². The van der Waals surface area contributed by atoms with E-state index in [0.717, 1.165) is 27.9 Å². The molecule has 1 N–H and O–H groups in total. The highest BCUT2D eigenvalue weighted by Crippen LogP contribution is 2.28. The summed E-state index contributed by atoms with van der Waals surface area (Å²) in [5.41, 5.74) is 6.02. The summed E-state index contributed by atoms with van der Waals surface area (Å²) >= 11 is 6.05. The monoisotopic (exact) mass is 474 g/mol. The number of amides is 1. The Labute approximate surface area is 201 Å². The van der Waals surface area contributed by atoms with E-state index in [4.69, 9.17) is 16.6 Å². The van der Waals surface area contributed by atoms with Gasteiger partial charge in [0.15, 0.2) is 5.65 Å². The molecule has 10 heteroatoms. The van der Waals surface area contributed by atoms with Crippen LogP contribution in [0.5, 0.6) is 0 Å². The summed E-state index contributed by atoms with van der Waals surface area (Å²) in [7, 11) is 3.71. The minimum absolute atomic E-state index is 0.254. The quantitative estimate of drug-likeness (QED) is 0.413. The maximum absolute atomic E-state index is 13.4. The summed E-state index contributed by atoms with van der Waals surface area (Å²) in [6.07, 6.45) is 5.41. The van der Waals surface area contributed by atoms with Crippen molar-refractivity contribution in [1.82, 2.24) is 34.3 Å². The number of aryl methyl sites for hydroxylation is 4. The number of aromatic nitrogens is 7. The standard InChI is InChI=1S/C24H23ClN8O/c1-14-17(11-31(3)29-14)12-33-13-19(10-26-33)27-24(34)20-9-21(16-5-7-18(25)8-6-16)28-23-22(20)15(2)30-32(23)4/h5-11,13H,12H2,1-4H3,(H,27,34). The third-order valence-corrected chi connectivity index (χ3v) is 5.94. The van der Waals surface area contributed by atoms with Crippen molar-refractivity contribution < 1.29 is 4.79 Å². The summed E-state index contributed by atoms with van der Waals surface area (Å²) in [6, 6.07) is 9.15. The second-order valence-corrected chi connectivity index (χ2v) is 8.70. The SMILES string of the molecule is Cc1nn(C)cc1Cn1cc(NC(=O)c2cc(-c3ccc(Cl)cc3)nc3c2c(C)nn3C)cn1. The highest BCUT2D eigenvalue weighted by molar-refractivity contribution is 6.30. The van der Waals surface area contributed by atoms with Gasteiger partial charge in [0, 0.05) is 42.6 Å². The van der Waals surface area contributed by atoms with E-state index in [9.17, 15) is 4.79 Å². The van der Waals surface area contributed by atoms with Crippen LogP contribution in [0, 0.1) is 13.8 Å². The first kappa shape index (κ1) is 21.8. The van der Waals surface area contributed by atoms with Crippen molar-refractivity contribution in [2.24, 2.45) is 14.1 Å². The maximum Gasteiger partial charge on any atom is 0.256 e. The average molecular weight is 475 g/mol. The zero-order valence-corrected chi connectivity index (χ0v) is 20.0. The van der Waals surface area contributed by atoms with Gasteiger partial charge < -0.3 is 5.32 Å². The van der Waals surface area contributed by atoms with Crippen molar-refractivity contribution in [3.8, 4) is 11.3 Å². The summed E-state index contributed by atoms with van der Waals surface area (Å²) in [5.74, 6) is -0.254. The molecule has 0 unspecified atom stereocenters. The lowest BCUT2D eigenvalue weighted by Gasteiger charge is -2.09. The van der Waals surface area contributed by atoms with E-state index in [2.05, 4.69) is 20.6 Å². The molecule has 0 fully saturated rings. The number of carbonyl (C=O) groups excluding carboxylic acids is 1. The van der Waals surface area contributed by atoms with Crippen molar-refractivity contribution >= 4 is 34.2 Å². The number of carbonyl (C=O) groups is 1. The number of nitrogens with zero attached hydrogens (tertiary/aromatic N) is 7. The van der Waals surface area contributed by atoms with Gasteiger partial charge >= 0.3 is 0 Å². The Morgan fingerprint density at radius 2 is 1.82 bits per heavy atom. The number of pyridine rings is 1. The van der Waals surface area contributed by atoms with Gasteiger partial charge in [-0.3, -0.25) is 18.8 Å². The summed E-state index contributed by atoms with van der Waals surface area (Å²) < 4.78 is 5.24. The molecule has 1 amide bonds. The fourth-order valence-electron chi connectivity index (χ4n) is 4.08. The molecule has 34 heavy (non-hydrogen) atoms. The molecule has 0 spiro atoms. The van der Waals surface area contributed by atoms with Crippen LogP contribution in [0.3, 0.4) is 0 Å². The van der Waals surface area contributed by atoms with Crippen molar-refractivity contribution in [1.29, 1.82) is 0 Å². The number of anilines is 1. The number of halogens is 1. The second-order valence-electron chi connectivity index (χ2n) is 8.26. The predicted octanol–water partition coefficient (Wildman–Crippen LogP) is 4.14. The van der Waals surface area contributed by atoms with Crippen LogP contribution in [-0.2, 0) is 20.6 Å². The van der Waals surface area contributed by atoms with Crippen molar-refractivity contribution in [2.75, 3.05) is 5.32 Å². The first-order chi connectivity index (χ1) is 16.3.